The lowest BCUT2D eigenvalue weighted by Crippen LogP contribution is -2.15. The molecule has 0 saturated heterocycles. The van der Waals surface area contributed by atoms with Crippen LogP contribution in [-0.2, 0) is 0 Å². The zero-order valence-corrected chi connectivity index (χ0v) is 17.6. The standard InChI is InChI=1S/C27H20FN5/c28-23-10-8-18(9-11-23)21-13-22(17-31-16-21)24-14-25(26(29)20-7-4-12-30-15-20)33-27(32-24)19-5-2-1-3-6-19/h1-17,26H,29H2. The summed E-state index contributed by atoms with van der Waals surface area (Å²) < 4.78 is 13.4. The summed E-state index contributed by atoms with van der Waals surface area (Å²) in [6.45, 7) is 0. The summed E-state index contributed by atoms with van der Waals surface area (Å²) >= 11 is 0. The first kappa shape index (κ1) is 20.6. The molecule has 0 radical (unpaired) electrons. The van der Waals surface area contributed by atoms with Gasteiger partial charge in [-0.05, 0) is 41.5 Å². The summed E-state index contributed by atoms with van der Waals surface area (Å²) in [7, 11) is 0. The van der Waals surface area contributed by atoms with Crippen LogP contribution in [0.5, 0.6) is 0 Å². The van der Waals surface area contributed by atoms with E-state index >= 15 is 0 Å². The number of nitrogens with zero attached hydrogens (tertiary/aromatic N) is 4. The van der Waals surface area contributed by atoms with Gasteiger partial charge in [-0.1, -0.05) is 48.5 Å². The van der Waals surface area contributed by atoms with Gasteiger partial charge in [-0.3, -0.25) is 9.97 Å². The highest BCUT2D eigenvalue weighted by Gasteiger charge is 2.16. The van der Waals surface area contributed by atoms with Crippen molar-refractivity contribution in [3.63, 3.8) is 0 Å². The van der Waals surface area contributed by atoms with Crippen molar-refractivity contribution in [1.82, 2.24) is 19.9 Å². The second-order valence-corrected chi connectivity index (χ2v) is 7.60. The van der Waals surface area contributed by atoms with E-state index < -0.39 is 6.04 Å². The van der Waals surface area contributed by atoms with Crippen LogP contribution in [0, 0.1) is 5.82 Å². The average molecular weight is 433 g/mol. The Hall–Kier alpha value is -4.29. The van der Waals surface area contributed by atoms with E-state index in [0.29, 0.717) is 17.2 Å². The fraction of sp³-hybridized carbons (Fsp3) is 0.0370. The SMILES string of the molecule is NC(c1cccnc1)c1cc(-c2cncc(-c3ccc(F)cc3)c2)nc(-c2ccccc2)n1. The molecule has 0 aliphatic rings. The Morgan fingerprint density at radius 3 is 2.21 bits per heavy atom. The van der Waals surface area contributed by atoms with Gasteiger partial charge in [0.25, 0.3) is 0 Å². The van der Waals surface area contributed by atoms with Crippen LogP contribution in [0.4, 0.5) is 4.39 Å². The van der Waals surface area contributed by atoms with E-state index in [0.717, 1.165) is 27.8 Å². The number of nitrogens with two attached hydrogens (primary N) is 1. The molecule has 5 rings (SSSR count). The van der Waals surface area contributed by atoms with Gasteiger partial charge in [-0.25, -0.2) is 14.4 Å². The van der Waals surface area contributed by atoms with Crippen molar-refractivity contribution in [1.29, 1.82) is 0 Å². The van der Waals surface area contributed by atoms with E-state index in [1.54, 1.807) is 36.9 Å². The summed E-state index contributed by atoms with van der Waals surface area (Å²) in [5, 5.41) is 0. The molecule has 0 spiro atoms. The highest BCUT2D eigenvalue weighted by atomic mass is 19.1. The minimum absolute atomic E-state index is 0.278. The van der Waals surface area contributed by atoms with Crippen molar-refractivity contribution in [2.45, 2.75) is 6.04 Å². The van der Waals surface area contributed by atoms with Crippen molar-refractivity contribution in [3.8, 4) is 33.8 Å². The van der Waals surface area contributed by atoms with Gasteiger partial charge in [0.1, 0.15) is 5.82 Å². The fourth-order valence-electron chi connectivity index (χ4n) is 3.60. The number of hydrogen-bond donors (Lipinski definition) is 1. The van der Waals surface area contributed by atoms with Crippen LogP contribution >= 0.6 is 0 Å². The molecule has 3 aromatic heterocycles. The molecule has 3 heterocycles. The van der Waals surface area contributed by atoms with Gasteiger partial charge in [0.2, 0.25) is 0 Å². The van der Waals surface area contributed by atoms with E-state index in [1.165, 1.54) is 12.1 Å². The number of pyridine rings is 2. The summed E-state index contributed by atoms with van der Waals surface area (Å²) in [5.41, 5.74) is 12.3. The lowest BCUT2D eigenvalue weighted by molar-refractivity contribution is 0.628. The van der Waals surface area contributed by atoms with Gasteiger partial charge in [0.15, 0.2) is 5.82 Å². The maximum atomic E-state index is 13.4. The highest BCUT2D eigenvalue weighted by Crippen LogP contribution is 2.29. The number of benzene rings is 2. The molecule has 6 heteroatoms. The lowest BCUT2D eigenvalue weighted by atomic mass is 10.0. The smallest absolute Gasteiger partial charge is 0.160 e. The highest BCUT2D eigenvalue weighted by molar-refractivity contribution is 5.71. The second-order valence-electron chi connectivity index (χ2n) is 7.60. The van der Waals surface area contributed by atoms with E-state index in [4.69, 9.17) is 15.7 Å². The molecule has 2 N–H and O–H groups in total. The summed E-state index contributed by atoms with van der Waals surface area (Å²) in [6.07, 6.45) is 6.96. The van der Waals surface area contributed by atoms with Crippen LogP contribution in [0.1, 0.15) is 17.3 Å². The molecule has 2 aromatic carbocycles. The molecular formula is C27H20FN5. The van der Waals surface area contributed by atoms with Crippen molar-refractivity contribution in [2.24, 2.45) is 5.73 Å². The van der Waals surface area contributed by atoms with Gasteiger partial charge in [0, 0.05) is 41.5 Å². The van der Waals surface area contributed by atoms with Crippen molar-refractivity contribution in [2.75, 3.05) is 0 Å². The molecule has 0 saturated carbocycles. The zero-order chi connectivity index (χ0) is 22.6. The molecule has 0 aliphatic carbocycles. The predicted octanol–water partition coefficient (Wildman–Crippen LogP) is 5.45. The van der Waals surface area contributed by atoms with E-state index in [-0.39, 0.29) is 5.82 Å². The van der Waals surface area contributed by atoms with Gasteiger partial charge in [-0.15, -0.1) is 0 Å². The van der Waals surface area contributed by atoms with Crippen molar-refractivity contribution < 1.29 is 4.39 Å². The summed E-state index contributed by atoms with van der Waals surface area (Å²) in [6, 6.07) is 23.3. The Labute approximate surface area is 190 Å². The lowest BCUT2D eigenvalue weighted by Gasteiger charge is -2.14. The van der Waals surface area contributed by atoms with Crippen LogP contribution in [-0.4, -0.2) is 19.9 Å². The first-order valence-electron chi connectivity index (χ1n) is 10.5. The molecule has 5 aromatic rings. The van der Waals surface area contributed by atoms with Crippen molar-refractivity contribution >= 4 is 0 Å². The first-order valence-corrected chi connectivity index (χ1v) is 10.5. The van der Waals surface area contributed by atoms with Crippen LogP contribution in [0.15, 0.2) is 104 Å². The van der Waals surface area contributed by atoms with Gasteiger partial charge < -0.3 is 5.73 Å². The predicted molar refractivity (Wildman–Crippen MR) is 126 cm³/mol. The van der Waals surface area contributed by atoms with Crippen LogP contribution in [0.3, 0.4) is 0 Å². The minimum Gasteiger partial charge on any atom is -0.319 e. The number of halogens is 1. The number of rotatable bonds is 5. The molecule has 5 nitrogen and oxygen atoms in total. The van der Waals surface area contributed by atoms with Gasteiger partial charge in [-0.2, -0.15) is 0 Å². The molecule has 0 aliphatic heterocycles. The van der Waals surface area contributed by atoms with Crippen LogP contribution < -0.4 is 5.73 Å². The van der Waals surface area contributed by atoms with E-state index in [9.17, 15) is 4.39 Å². The summed E-state index contributed by atoms with van der Waals surface area (Å²) in [5.74, 6) is 0.301. The fourth-order valence-corrected chi connectivity index (χ4v) is 3.60. The first-order chi connectivity index (χ1) is 16.2. The Bertz CT molecular complexity index is 1370. The number of aromatic nitrogens is 4. The maximum Gasteiger partial charge on any atom is 0.160 e. The average Bonchev–Trinajstić information content (AvgIpc) is 2.89. The topological polar surface area (TPSA) is 77.6 Å². The van der Waals surface area contributed by atoms with Gasteiger partial charge in [0.05, 0.1) is 17.4 Å². The molecule has 160 valence electrons. The Kier molecular flexibility index (Phi) is 5.66. The Morgan fingerprint density at radius 2 is 1.45 bits per heavy atom. The molecule has 1 unspecified atom stereocenters. The molecular weight excluding hydrogens is 413 g/mol. The molecule has 0 amide bonds. The molecule has 1 atom stereocenters. The molecule has 0 bridgehead atoms. The second kappa shape index (κ2) is 9.06. The largest absolute Gasteiger partial charge is 0.319 e. The maximum absolute atomic E-state index is 13.4. The third-order valence-electron chi connectivity index (χ3n) is 5.35. The van der Waals surface area contributed by atoms with E-state index in [2.05, 4.69) is 9.97 Å². The quantitative estimate of drug-likeness (QED) is 0.399. The zero-order valence-electron chi connectivity index (χ0n) is 17.6. The molecule has 33 heavy (non-hydrogen) atoms. The van der Waals surface area contributed by atoms with Crippen LogP contribution in [0.2, 0.25) is 0 Å². The third kappa shape index (κ3) is 4.51. The van der Waals surface area contributed by atoms with Crippen LogP contribution in [0.25, 0.3) is 33.8 Å². The number of hydrogen-bond acceptors (Lipinski definition) is 5. The van der Waals surface area contributed by atoms with E-state index in [1.807, 2.05) is 54.6 Å². The Morgan fingerprint density at radius 1 is 0.667 bits per heavy atom. The summed E-state index contributed by atoms with van der Waals surface area (Å²) in [4.78, 5) is 18.2. The monoisotopic (exact) mass is 433 g/mol. The third-order valence-corrected chi connectivity index (χ3v) is 5.35. The Balaban J connectivity index is 1.62. The molecule has 0 fully saturated rings. The van der Waals surface area contributed by atoms with Crippen molar-refractivity contribution in [3.05, 3.63) is 121 Å². The normalized spacial score (nSPS) is 11.8. The minimum atomic E-state index is -0.462. The van der Waals surface area contributed by atoms with Gasteiger partial charge >= 0.3 is 0 Å².